The van der Waals surface area contributed by atoms with Gasteiger partial charge in [0.2, 0.25) is 22.7 Å². The Morgan fingerprint density at radius 1 is 1.03 bits per heavy atom. The highest BCUT2D eigenvalue weighted by Crippen LogP contribution is 2.34. The van der Waals surface area contributed by atoms with Crippen LogP contribution in [0, 0.1) is 0 Å². The number of sulfonamides is 1. The lowest BCUT2D eigenvalue weighted by Crippen LogP contribution is -2.32. The lowest BCUT2D eigenvalue weighted by atomic mass is 10.2. The standard InChI is InChI=1S/C20H23N3O5S/c1-14(20(24)22-16-7-8-18-19(12-16)28-13-27-18)21-15-5-4-6-17(11-15)29(25,26)23-9-2-3-10-23/h4-8,11-12,14,21H,2-3,9-10,13H2,1H3,(H,22,24). The van der Waals surface area contributed by atoms with Crippen LogP contribution in [0.1, 0.15) is 19.8 Å². The second-order valence-corrected chi connectivity index (χ2v) is 9.00. The smallest absolute Gasteiger partial charge is 0.246 e. The highest BCUT2D eigenvalue weighted by Gasteiger charge is 2.27. The van der Waals surface area contributed by atoms with Gasteiger partial charge in [0.05, 0.1) is 4.90 Å². The van der Waals surface area contributed by atoms with Crippen LogP contribution in [-0.2, 0) is 14.8 Å². The molecule has 154 valence electrons. The van der Waals surface area contributed by atoms with E-state index in [-0.39, 0.29) is 17.6 Å². The van der Waals surface area contributed by atoms with E-state index in [2.05, 4.69) is 10.6 Å². The van der Waals surface area contributed by atoms with E-state index < -0.39 is 16.1 Å². The fourth-order valence-corrected chi connectivity index (χ4v) is 4.93. The lowest BCUT2D eigenvalue weighted by Gasteiger charge is -2.18. The predicted molar refractivity (Wildman–Crippen MR) is 109 cm³/mol. The van der Waals surface area contributed by atoms with Gasteiger partial charge in [0.1, 0.15) is 6.04 Å². The average molecular weight is 417 g/mol. The fourth-order valence-electron chi connectivity index (χ4n) is 3.36. The molecule has 8 nitrogen and oxygen atoms in total. The monoisotopic (exact) mass is 417 g/mol. The van der Waals surface area contributed by atoms with Crippen molar-refractivity contribution >= 4 is 27.3 Å². The second-order valence-electron chi connectivity index (χ2n) is 7.06. The van der Waals surface area contributed by atoms with Crippen LogP contribution in [0.3, 0.4) is 0 Å². The van der Waals surface area contributed by atoms with Gasteiger partial charge in [0.25, 0.3) is 0 Å². The zero-order valence-corrected chi connectivity index (χ0v) is 16.9. The molecule has 2 aromatic carbocycles. The molecule has 2 N–H and O–H groups in total. The predicted octanol–water partition coefficient (Wildman–Crippen LogP) is 2.64. The normalized spacial score (nSPS) is 17.1. The molecular formula is C20H23N3O5S. The van der Waals surface area contributed by atoms with Gasteiger partial charge in [-0.3, -0.25) is 4.79 Å². The summed E-state index contributed by atoms with van der Waals surface area (Å²) < 4.78 is 37.6. The van der Waals surface area contributed by atoms with E-state index in [1.54, 1.807) is 49.4 Å². The highest BCUT2D eigenvalue weighted by molar-refractivity contribution is 7.89. The van der Waals surface area contributed by atoms with Crippen LogP contribution in [0.15, 0.2) is 47.4 Å². The molecule has 0 bridgehead atoms. The Labute approximate surface area is 169 Å². The molecule has 1 fully saturated rings. The molecule has 1 amide bonds. The number of benzene rings is 2. The number of hydrogen-bond donors (Lipinski definition) is 2. The third kappa shape index (κ3) is 4.15. The maximum Gasteiger partial charge on any atom is 0.246 e. The summed E-state index contributed by atoms with van der Waals surface area (Å²) >= 11 is 0. The zero-order chi connectivity index (χ0) is 20.4. The van der Waals surface area contributed by atoms with Crippen LogP contribution in [0.4, 0.5) is 11.4 Å². The summed E-state index contributed by atoms with van der Waals surface area (Å²) in [6, 6.07) is 11.2. The molecule has 1 unspecified atom stereocenters. The molecule has 2 aromatic rings. The maximum atomic E-state index is 12.7. The van der Waals surface area contributed by atoms with E-state index in [0.717, 1.165) is 12.8 Å². The van der Waals surface area contributed by atoms with Gasteiger partial charge in [-0.1, -0.05) is 6.07 Å². The van der Waals surface area contributed by atoms with Gasteiger partial charge in [-0.05, 0) is 50.1 Å². The van der Waals surface area contributed by atoms with Crippen LogP contribution in [0.5, 0.6) is 11.5 Å². The average Bonchev–Trinajstić information content (AvgIpc) is 3.40. The highest BCUT2D eigenvalue weighted by atomic mass is 32.2. The van der Waals surface area contributed by atoms with Gasteiger partial charge < -0.3 is 20.1 Å². The number of rotatable bonds is 6. The Balaban J connectivity index is 1.42. The molecule has 0 radical (unpaired) electrons. The number of nitrogens with zero attached hydrogens (tertiary/aromatic N) is 1. The van der Waals surface area contributed by atoms with Crippen LogP contribution in [0.2, 0.25) is 0 Å². The summed E-state index contributed by atoms with van der Waals surface area (Å²) in [5.74, 6) is 0.977. The van der Waals surface area contributed by atoms with E-state index in [1.165, 1.54) is 4.31 Å². The summed E-state index contributed by atoms with van der Waals surface area (Å²) in [5, 5.41) is 5.88. The van der Waals surface area contributed by atoms with Crippen molar-refractivity contribution in [1.29, 1.82) is 0 Å². The van der Waals surface area contributed by atoms with Gasteiger partial charge in [-0.2, -0.15) is 4.31 Å². The molecule has 2 aliphatic rings. The number of anilines is 2. The van der Waals surface area contributed by atoms with Gasteiger partial charge >= 0.3 is 0 Å². The molecule has 0 aromatic heterocycles. The first-order chi connectivity index (χ1) is 13.9. The third-order valence-corrected chi connectivity index (χ3v) is 6.85. The van der Waals surface area contributed by atoms with Gasteiger partial charge in [-0.25, -0.2) is 8.42 Å². The Hall–Kier alpha value is -2.78. The first kappa shape index (κ1) is 19.5. The molecular weight excluding hydrogens is 394 g/mol. The number of nitrogens with one attached hydrogen (secondary N) is 2. The number of fused-ring (bicyclic) bond motifs is 1. The first-order valence-electron chi connectivity index (χ1n) is 9.51. The molecule has 29 heavy (non-hydrogen) atoms. The summed E-state index contributed by atoms with van der Waals surface area (Å²) in [7, 11) is -3.50. The Morgan fingerprint density at radius 3 is 2.59 bits per heavy atom. The van der Waals surface area contributed by atoms with Crippen molar-refractivity contribution < 1.29 is 22.7 Å². The van der Waals surface area contributed by atoms with Crippen LogP contribution in [-0.4, -0.2) is 44.6 Å². The minimum Gasteiger partial charge on any atom is -0.454 e. The van der Waals surface area contributed by atoms with Crippen molar-refractivity contribution in [3.8, 4) is 11.5 Å². The molecule has 0 aliphatic carbocycles. The van der Waals surface area contributed by atoms with Crippen molar-refractivity contribution in [2.45, 2.75) is 30.7 Å². The lowest BCUT2D eigenvalue weighted by molar-refractivity contribution is -0.116. The van der Waals surface area contributed by atoms with E-state index in [0.29, 0.717) is 36.0 Å². The molecule has 2 heterocycles. The molecule has 0 spiro atoms. The first-order valence-corrected chi connectivity index (χ1v) is 10.9. The number of hydrogen-bond acceptors (Lipinski definition) is 6. The SMILES string of the molecule is CC(Nc1cccc(S(=O)(=O)N2CCCC2)c1)C(=O)Nc1ccc2c(c1)OCO2. The molecule has 9 heteroatoms. The number of amides is 1. The molecule has 4 rings (SSSR count). The van der Waals surface area contributed by atoms with Gasteiger partial charge in [0.15, 0.2) is 11.5 Å². The van der Waals surface area contributed by atoms with Gasteiger partial charge in [0, 0.05) is 30.5 Å². The summed E-state index contributed by atoms with van der Waals surface area (Å²) in [5.41, 5.74) is 1.16. The molecule has 0 saturated carbocycles. The van der Waals surface area contributed by atoms with Crippen molar-refractivity contribution in [1.82, 2.24) is 4.31 Å². The molecule has 1 atom stereocenters. The minimum atomic E-state index is -3.50. The largest absolute Gasteiger partial charge is 0.454 e. The van der Waals surface area contributed by atoms with Crippen LogP contribution < -0.4 is 20.1 Å². The van der Waals surface area contributed by atoms with Crippen molar-refractivity contribution in [3.05, 3.63) is 42.5 Å². The van der Waals surface area contributed by atoms with E-state index in [1.807, 2.05) is 0 Å². The second kappa shape index (κ2) is 7.92. The summed E-state index contributed by atoms with van der Waals surface area (Å²) in [4.78, 5) is 12.8. The number of ether oxygens (including phenoxy) is 2. The zero-order valence-electron chi connectivity index (χ0n) is 16.1. The van der Waals surface area contributed by atoms with E-state index >= 15 is 0 Å². The number of carbonyl (C=O) groups is 1. The molecule has 2 aliphatic heterocycles. The van der Waals surface area contributed by atoms with Crippen molar-refractivity contribution in [2.75, 3.05) is 30.5 Å². The molecule has 1 saturated heterocycles. The van der Waals surface area contributed by atoms with Gasteiger partial charge in [-0.15, -0.1) is 0 Å². The van der Waals surface area contributed by atoms with E-state index in [4.69, 9.17) is 9.47 Å². The Morgan fingerprint density at radius 2 is 1.79 bits per heavy atom. The van der Waals surface area contributed by atoms with Crippen LogP contribution in [0.25, 0.3) is 0 Å². The maximum absolute atomic E-state index is 12.7. The number of carbonyl (C=O) groups excluding carboxylic acids is 1. The fraction of sp³-hybridized carbons (Fsp3) is 0.350. The van der Waals surface area contributed by atoms with Crippen molar-refractivity contribution in [3.63, 3.8) is 0 Å². The van der Waals surface area contributed by atoms with Crippen molar-refractivity contribution in [2.24, 2.45) is 0 Å². The third-order valence-electron chi connectivity index (χ3n) is 4.95. The Kier molecular flexibility index (Phi) is 5.33. The summed E-state index contributed by atoms with van der Waals surface area (Å²) in [6.07, 6.45) is 1.77. The quantitative estimate of drug-likeness (QED) is 0.750. The topological polar surface area (TPSA) is 97.0 Å². The van der Waals surface area contributed by atoms with Crippen LogP contribution >= 0.6 is 0 Å². The van der Waals surface area contributed by atoms with E-state index in [9.17, 15) is 13.2 Å². The minimum absolute atomic E-state index is 0.168. The summed E-state index contributed by atoms with van der Waals surface area (Å²) in [6.45, 7) is 2.98. The Bertz CT molecular complexity index is 1020.